The SMILES string of the molecule is CC(=O)Nc1ccc(NC(=O)c2nn(C)c3ccc(F)cc3c2=O)cc1. The molecule has 0 saturated carbocycles. The lowest BCUT2D eigenvalue weighted by molar-refractivity contribution is -0.114. The maximum atomic E-state index is 13.5. The predicted octanol–water partition coefficient (Wildman–Crippen LogP) is 2.28. The number of benzene rings is 2. The van der Waals surface area contributed by atoms with Gasteiger partial charge in [-0.25, -0.2) is 4.39 Å². The van der Waals surface area contributed by atoms with E-state index >= 15 is 0 Å². The lowest BCUT2D eigenvalue weighted by Gasteiger charge is -2.09. The second-order valence-corrected chi connectivity index (χ2v) is 5.68. The fourth-order valence-electron chi connectivity index (χ4n) is 2.53. The van der Waals surface area contributed by atoms with Crippen molar-refractivity contribution in [1.82, 2.24) is 9.78 Å². The molecule has 7 nitrogen and oxygen atoms in total. The fourth-order valence-corrected chi connectivity index (χ4v) is 2.53. The van der Waals surface area contributed by atoms with Crippen LogP contribution in [0.2, 0.25) is 0 Å². The smallest absolute Gasteiger partial charge is 0.280 e. The van der Waals surface area contributed by atoms with Gasteiger partial charge in [0.2, 0.25) is 11.3 Å². The summed E-state index contributed by atoms with van der Waals surface area (Å²) >= 11 is 0. The highest BCUT2D eigenvalue weighted by molar-refractivity contribution is 6.04. The summed E-state index contributed by atoms with van der Waals surface area (Å²) in [5, 5.41) is 9.24. The maximum absolute atomic E-state index is 13.5. The zero-order chi connectivity index (χ0) is 18.8. The fraction of sp³-hybridized carbons (Fsp3) is 0.111. The Morgan fingerprint density at radius 1 is 1.04 bits per heavy atom. The van der Waals surface area contributed by atoms with Crippen LogP contribution in [0.1, 0.15) is 17.4 Å². The lowest BCUT2D eigenvalue weighted by atomic mass is 10.2. The predicted molar refractivity (Wildman–Crippen MR) is 95.6 cm³/mol. The number of carbonyl (C=O) groups is 2. The number of hydrogen-bond donors (Lipinski definition) is 2. The van der Waals surface area contributed by atoms with Crippen molar-refractivity contribution in [3.8, 4) is 0 Å². The number of hydrogen-bond acceptors (Lipinski definition) is 4. The highest BCUT2D eigenvalue weighted by Gasteiger charge is 2.17. The molecule has 0 radical (unpaired) electrons. The molecule has 2 N–H and O–H groups in total. The van der Waals surface area contributed by atoms with Gasteiger partial charge in [-0.1, -0.05) is 0 Å². The second kappa shape index (κ2) is 6.75. The molecule has 0 spiro atoms. The van der Waals surface area contributed by atoms with Crippen molar-refractivity contribution in [3.63, 3.8) is 0 Å². The van der Waals surface area contributed by atoms with E-state index in [4.69, 9.17) is 0 Å². The highest BCUT2D eigenvalue weighted by atomic mass is 19.1. The van der Waals surface area contributed by atoms with E-state index in [1.807, 2.05) is 0 Å². The van der Waals surface area contributed by atoms with Crippen LogP contribution in [0, 0.1) is 5.82 Å². The Labute approximate surface area is 147 Å². The number of carbonyl (C=O) groups excluding carboxylic acids is 2. The molecule has 0 aliphatic carbocycles. The van der Waals surface area contributed by atoms with E-state index < -0.39 is 17.2 Å². The van der Waals surface area contributed by atoms with Crippen molar-refractivity contribution in [3.05, 3.63) is 64.2 Å². The first kappa shape index (κ1) is 17.3. The number of aromatic nitrogens is 2. The third kappa shape index (κ3) is 3.44. The van der Waals surface area contributed by atoms with Crippen LogP contribution in [-0.4, -0.2) is 21.6 Å². The van der Waals surface area contributed by atoms with Gasteiger partial charge in [0.1, 0.15) is 5.82 Å². The first-order valence-corrected chi connectivity index (χ1v) is 7.71. The van der Waals surface area contributed by atoms with Crippen LogP contribution in [0.5, 0.6) is 0 Å². The van der Waals surface area contributed by atoms with E-state index in [0.717, 1.165) is 6.07 Å². The standard InChI is InChI=1S/C18H15FN4O3/c1-10(24)20-12-4-6-13(7-5-12)21-18(26)16-17(25)14-9-11(19)3-8-15(14)23(2)22-16/h3-9H,1-2H3,(H,20,24)(H,21,26). The monoisotopic (exact) mass is 354 g/mol. The van der Waals surface area contributed by atoms with E-state index in [1.165, 1.54) is 23.7 Å². The molecule has 2 amide bonds. The maximum Gasteiger partial charge on any atom is 0.280 e. The number of aryl methyl sites for hydroxylation is 1. The van der Waals surface area contributed by atoms with Gasteiger partial charge in [0, 0.05) is 25.3 Å². The average molecular weight is 354 g/mol. The number of nitrogens with zero attached hydrogens (tertiary/aromatic N) is 2. The average Bonchev–Trinajstić information content (AvgIpc) is 2.59. The summed E-state index contributed by atoms with van der Waals surface area (Å²) in [4.78, 5) is 35.9. The Kier molecular flexibility index (Phi) is 4.49. The molecule has 0 saturated heterocycles. The van der Waals surface area contributed by atoms with Crippen LogP contribution in [0.4, 0.5) is 15.8 Å². The Morgan fingerprint density at radius 3 is 2.27 bits per heavy atom. The molecule has 0 bridgehead atoms. The second-order valence-electron chi connectivity index (χ2n) is 5.68. The Balaban J connectivity index is 1.91. The summed E-state index contributed by atoms with van der Waals surface area (Å²) in [6, 6.07) is 10.1. The largest absolute Gasteiger partial charge is 0.326 e. The van der Waals surface area contributed by atoms with E-state index in [2.05, 4.69) is 15.7 Å². The molecule has 8 heteroatoms. The van der Waals surface area contributed by atoms with Crippen molar-refractivity contribution < 1.29 is 14.0 Å². The summed E-state index contributed by atoms with van der Waals surface area (Å²) in [6.45, 7) is 1.39. The van der Waals surface area contributed by atoms with Crippen LogP contribution >= 0.6 is 0 Å². The van der Waals surface area contributed by atoms with Gasteiger partial charge in [0.05, 0.1) is 10.9 Å². The van der Waals surface area contributed by atoms with Crippen LogP contribution in [0.3, 0.4) is 0 Å². The van der Waals surface area contributed by atoms with Gasteiger partial charge in [-0.15, -0.1) is 0 Å². The van der Waals surface area contributed by atoms with Crippen LogP contribution in [0.25, 0.3) is 10.9 Å². The molecule has 2 aromatic carbocycles. The number of anilines is 2. The van der Waals surface area contributed by atoms with E-state index in [0.29, 0.717) is 16.9 Å². The van der Waals surface area contributed by atoms with Gasteiger partial charge < -0.3 is 10.6 Å². The van der Waals surface area contributed by atoms with Gasteiger partial charge in [-0.05, 0) is 42.5 Å². The van der Waals surface area contributed by atoms with Gasteiger partial charge in [0.15, 0.2) is 5.69 Å². The lowest BCUT2D eigenvalue weighted by Crippen LogP contribution is -2.26. The molecule has 1 aromatic heterocycles. The van der Waals surface area contributed by atoms with Gasteiger partial charge in [0.25, 0.3) is 5.91 Å². The summed E-state index contributed by atoms with van der Waals surface area (Å²) in [6.07, 6.45) is 0. The molecular formula is C18H15FN4O3. The highest BCUT2D eigenvalue weighted by Crippen LogP contribution is 2.15. The Bertz CT molecular complexity index is 1070. The van der Waals surface area contributed by atoms with Crippen molar-refractivity contribution >= 4 is 34.1 Å². The molecule has 0 atom stereocenters. The quantitative estimate of drug-likeness (QED) is 0.755. The topological polar surface area (TPSA) is 93.1 Å². The van der Waals surface area contributed by atoms with E-state index in [9.17, 15) is 18.8 Å². The third-order valence-electron chi connectivity index (χ3n) is 3.70. The minimum atomic E-state index is -0.705. The molecule has 0 aliphatic rings. The van der Waals surface area contributed by atoms with Crippen molar-refractivity contribution in [1.29, 1.82) is 0 Å². The Hall–Kier alpha value is -3.55. The normalized spacial score (nSPS) is 10.6. The number of amides is 2. The van der Waals surface area contributed by atoms with Crippen LogP contribution in [-0.2, 0) is 11.8 Å². The van der Waals surface area contributed by atoms with Crippen molar-refractivity contribution in [2.24, 2.45) is 7.05 Å². The molecule has 3 aromatic rings. The first-order chi connectivity index (χ1) is 12.3. The Morgan fingerprint density at radius 2 is 1.65 bits per heavy atom. The number of rotatable bonds is 3. The van der Waals surface area contributed by atoms with Crippen molar-refractivity contribution in [2.75, 3.05) is 10.6 Å². The minimum Gasteiger partial charge on any atom is -0.326 e. The van der Waals surface area contributed by atoms with Gasteiger partial charge in [-0.3, -0.25) is 19.1 Å². The molecule has 0 unspecified atom stereocenters. The molecular weight excluding hydrogens is 339 g/mol. The van der Waals surface area contributed by atoms with Gasteiger partial charge in [-0.2, -0.15) is 5.10 Å². The molecule has 3 rings (SSSR count). The summed E-state index contributed by atoms with van der Waals surface area (Å²) in [5.41, 5.74) is 0.437. The van der Waals surface area contributed by atoms with E-state index in [1.54, 1.807) is 31.3 Å². The zero-order valence-corrected chi connectivity index (χ0v) is 14.0. The summed E-state index contributed by atoms with van der Waals surface area (Å²) in [7, 11) is 1.57. The summed E-state index contributed by atoms with van der Waals surface area (Å²) in [5.74, 6) is -1.48. The third-order valence-corrected chi connectivity index (χ3v) is 3.70. The molecule has 26 heavy (non-hydrogen) atoms. The number of halogens is 1. The van der Waals surface area contributed by atoms with E-state index in [-0.39, 0.29) is 17.0 Å². The van der Waals surface area contributed by atoms with Crippen LogP contribution in [0.15, 0.2) is 47.3 Å². The first-order valence-electron chi connectivity index (χ1n) is 7.71. The zero-order valence-electron chi connectivity index (χ0n) is 14.0. The number of nitrogens with one attached hydrogen (secondary N) is 2. The number of fused-ring (bicyclic) bond motifs is 1. The molecule has 1 heterocycles. The minimum absolute atomic E-state index is 0.0775. The van der Waals surface area contributed by atoms with Crippen LogP contribution < -0.4 is 16.1 Å². The molecule has 0 aliphatic heterocycles. The van der Waals surface area contributed by atoms with Crippen molar-refractivity contribution in [2.45, 2.75) is 6.92 Å². The summed E-state index contributed by atoms with van der Waals surface area (Å²) < 4.78 is 14.8. The van der Waals surface area contributed by atoms with Gasteiger partial charge >= 0.3 is 0 Å². The molecule has 0 fully saturated rings. The molecule has 132 valence electrons.